The van der Waals surface area contributed by atoms with Crippen LogP contribution in [0, 0.1) is 17.5 Å². The molecule has 0 heterocycles. The second-order valence-electron chi connectivity index (χ2n) is 3.54. The second kappa shape index (κ2) is 5.31. The van der Waals surface area contributed by atoms with Crippen LogP contribution in [-0.4, -0.2) is 0 Å². The molecule has 0 N–H and O–H groups in total. The van der Waals surface area contributed by atoms with E-state index in [0.717, 1.165) is 12.1 Å². The van der Waals surface area contributed by atoms with Gasteiger partial charge in [-0.05, 0) is 18.2 Å². The van der Waals surface area contributed by atoms with E-state index in [1.165, 1.54) is 12.1 Å². The average molecular weight is 273 g/mol. The predicted octanol–water partition coefficient (Wildman–Crippen LogP) is 4.64. The third kappa shape index (κ3) is 2.59. The first-order valence-corrected chi connectivity index (χ1v) is 5.61. The van der Waals surface area contributed by atoms with Gasteiger partial charge in [-0.1, -0.05) is 12.1 Å². The first-order chi connectivity index (χ1) is 8.61. The van der Waals surface area contributed by atoms with Gasteiger partial charge in [0.2, 0.25) is 0 Å². The minimum atomic E-state index is -0.904. The lowest BCUT2D eigenvalue weighted by molar-refractivity contribution is 0.408. The molecule has 0 aliphatic heterocycles. The van der Waals surface area contributed by atoms with Gasteiger partial charge in [0.15, 0.2) is 23.1 Å². The highest BCUT2D eigenvalue weighted by Crippen LogP contribution is 2.31. The van der Waals surface area contributed by atoms with Crippen molar-refractivity contribution in [1.29, 1.82) is 0 Å². The van der Waals surface area contributed by atoms with Crippen LogP contribution in [0.3, 0.4) is 0 Å². The van der Waals surface area contributed by atoms with Crippen molar-refractivity contribution in [3.05, 3.63) is 59.4 Å². The number of rotatable bonds is 3. The number of para-hydroxylation sites is 1. The maximum atomic E-state index is 13.6. The monoisotopic (exact) mass is 272 g/mol. The van der Waals surface area contributed by atoms with Crippen LogP contribution in [0.2, 0.25) is 0 Å². The molecule has 0 aromatic heterocycles. The normalized spacial score (nSPS) is 10.4. The van der Waals surface area contributed by atoms with E-state index in [0.29, 0.717) is 11.6 Å². The Morgan fingerprint density at radius 2 is 1.78 bits per heavy atom. The van der Waals surface area contributed by atoms with Gasteiger partial charge in [-0.15, -0.1) is 11.6 Å². The van der Waals surface area contributed by atoms with Crippen molar-refractivity contribution >= 4 is 11.6 Å². The minimum absolute atomic E-state index is 0.0237. The molecule has 0 unspecified atom stereocenters. The Kier molecular flexibility index (Phi) is 3.77. The van der Waals surface area contributed by atoms with Crippen molar-refractivity contribution in [1.82, 2.24) is 0 Å². The summed E-state index contributed by atoms with van der Waals surface area (Å²) in [7, 11) is 0. The van der Waals surface area contributed by atoms with E-state index >= 15 is 0 Å². The van der Waals surface area contributed by atoms with Gasteiger partial charge >= 0.3 is 0 Å². The molecule has 94 valence electrons. The fourth-order valence-corrected chi connectivity index (χ4v) is 1.65. The van der Waals surface area contributed by atoms with Crippen LogP contribution in [0.1, 0.15) is 5.56 Å². The van der Waals surface area contributed by atoms with Gasteiger partial charge in [-0.25, -0.2) is 13.2 Å². The smallest absolute Gasteiger partial charge is 0.168 e. The van der Waals surface area contributed by atoms with Gasteiger partial charge in [-0.3, -0.25) is 0 Å². The molecule has 2 rings (SSSR count). The largest absolute Gasteiger partial charge is 0.451 e. The van der Waals surface area contributed by atoms with Crippen molar-refractivity contribution in [3.8, 4) is 11.5 Å². The Labute approximate surface area is 107 Å². The van der Waals surface area contributed by atoms with Crippen molar-refractivity contribution in [2.24, 2.45) is 0 Å². The molecule has 0 atom stereocenters. The molecular formula is C13H8ClF3O. The van der Waals surface area contributed by atoms with E-state index in [-0.39, 0.29) is 17.4 Å². The second-order valence-corrected chi connectivity index (χ2v) is 3.81. The summed E-state index contributed by atoms with van der Waals surface area (Å²) < 4.78 is 44.8. The molecule has 1 nitrogen and oxygen atoms in total. The number of hydrogen-bond acceptors (Lipinski definition) is 1. The van der Waals surface area contributed by atoms with Gasteiger partial charge in [-0.2, -0.15) is 0 Å². The van der Waals surface area contributed by atoms with E-state index in [4.69, 9.17) is 16.3 Å². The molecule has 0 saturated carbocycles. The van der Waals surface area contributed by atoms with Crippen molar-refractivity contribution in [3.63, 3.8) is 0 Å². The van der Waals surface area contributed by atoms with Crippen LogP contribution in [-0.2, 0) is 5.88 Å². The lowest BCUT2D eigenvalue weighted by atomic mass is 10.2. The highest BCUT2D eigenvalue weighted by atomic mass is 35.5. The quantitative estimate of drug-likeness (QED) is 0.740. The Bertz CT molecular complexity index is 572. The molecular weight excluding hydrogens is 265 g/mol. The van der Waals surface area contributed by atoms with Crippen LogP contribution < -0.4 is 4.74 Å². The van der Waals surface area contributed by atoms with Crippen LogP contribution in [0.5, 0.6) is 11.5 Å². The van der Waals surface area contributed by atoms with Crippen molar-refractivity contribution in [2.45, 2.75) is 5.88 Å². The van der Waals surface area contributed by atoms with E-state index in [1.54, 1.807) is 6.07 Å². The fraction of sp³-hybridized carbons (Fsp3) is 0.0769. The van der Waals surface area contributed by atoms with Crippen LogP contribution in [0.25, 0.3) is 0 Å². The summed E-state index contributed by atoms with van der Waals surface area (Å²) in [6.07, 6.45) is 0. The van der Waals surface area contributed by atoms with Gasteiger partial charge in [0.1, 0.15) is 5.82 Å². The standard InChI is InChI=1S/C13H8ClF3O/c14-7-8-2-1-3-10(16)13(8)18-12-5-4-9(15)6-11(12)17/h1-6H,7H2. The third-order valence-electron chi connectivity index (χ3n) is 2.30. The number of alkyl halides is 1. The van der Waals surface area contributed by atoms with Crippen LogP contribution in [0.15, 0.2) is 36.4 Å². The molecule has 5 heteroatoms. The number of ether oxygens (including phenoxy) is 1. The molecule has 2 aromatic rings. The van der Waals surface area contributed by atoms with E-state index in [2.05, 4.69) is 0 Å². The summed E-state index contributed by atoms with van der Waals surface area (Å²) in [6.45, 7) is 0. The first kappa shape index (κ1) is 12.8. The molecule has 2 aromatic carbocycles. The van der Waals surface area contributed by atoms with Crippen molar-refractivity contribution < 1.29 is 17.9 Å². The molecule has 0 radical (unpaired) electrons. The molecule has 0 amide bonds. The van der Waals surface area contributed by atoms with E-state index in [9.17, 15) is 13.2 Å². The lowest BCUT2D eigenvalue weighted by Gasteiger charge is -2.11. The summed E-state index contributed by atoms with van der Waals surface area (Å²) in [5, 5.41) is 0. The zero-order chi connectivity index (χ0) is 13.1. The molecule has 18 heavy (non-hydrogen) atoms. The van der Waals surface area contributed by atoms with E-state index in [1.807, 2.05) is 0 Å². The molecule has 0 spiro atoms. The van der Waals surface area contributed by atoms with Gasteiger partial charge in [0.25, 0.3) is 0 Å². The molecule has 0 saturated heterocycles. The summed E-state index contributed by atoms with van der Waals surface area (Å²) >= 11 is 5.63. The van der Waals surface area contributed by atoms with Gasteiger partial charge in [0.05, 0.1) is 5.88 Å². The summed E-state index contributed by atoms with van der Waals surface area (Å²) in [4.78, 5) is 0. The first-order valence-electron chi connectivity index (χ1n) is 5.08. The SMILES string of the molecule is Fc1ccc(Oc2c(F)cccc2CCl)c(F)c1. The summed E-state index contributed by atoms with van der Waals surface area (Å²) in [5.41, 5.74) is 0.389. The predicted molar refractivity (Wildman–Crippen MR) is 62.4 cm³/mol. The topological polar surface area (TPSA) is 9.23 Å². The Hall–Kier alpha value is -1.68. The van der Waals surface area contributed by atoms with Gasteiger partial charge < -0.3 is 4.74 Å². The van der Waals surface area contributed by atoms with Crippen molar-refractivity contribution in [2.75, 3.05) is 0 Å². The minimum Gasteiger partial charge on any atom is -0.451 e. The molecule has 0 aliphatic carbocycles. The number of halogens is 4. The van der Waals surface area contributed by atoms with Crippen LogP contribution in [0.4, 0.5) is 13.2 Å². The number of hydrogen-bond donors (Lipinski definition) is 0. The Morgan fingerprint density at radius 1 is 1.00 bits per heavy atom. The zero-order valence-corrected chi connectivity index (χ0v) is 9.85. The third-order valence-corrected chi connectivity index (χ3v) is 2.59. The highest BCUT2D eigenvalue weighted by Gasteiger charge is 2.13. The molecule has 0 aliphatic rings. The highest BCUT2D eigenvalue weighted by molar-refractivity contribution is 6.17. The van der Waals surface area contributed by atoms with Crippen LogP contribution >= 0.6 is 11.6 Å². The summed E-state index contributed by atoms with van der Waals surface area (Å²) in [6, 6.07) is 6.99. The average Bonchev–Trinajstić information content (AvgIpc) is 2.34. The zero-order valence-electron chi connectivity index (χ0n) is 9.09. The lowest BCUT2D eigenvalue weighted by Crippen LogP contribution is -1.95. The fourth-order valence-electron chi connectivity index (χ4n) is 1.44. The molecule has 0 bridgehead atoms. The maximum Gasteiger partial charge on any atom is 0.168 e. The van der Waals surface area contributed by atoms with Gasteiger partial charge in [0, 0.05) is 11.6 Å². The Balaban J connectivity index is 2.39. The Morgan fingerprint density at radius 3 is 2.44 bits per heavy atom. The van der Waals surface area contributed by atoms with E-state index < -0.39 is 17.5 Å². The maximum absolute atomic E-state index is 13.6. The summed E-state index contributed by atoms with van der Waals surface area (Å²) in [5.74, 6) is -2.68. The molecule has 0 fully saturated rings. The number of benzene rings is 2.